The Labute approximate surface area is 184 Å². The van der Waals surface area contributed by atoms with Crippen molar-refractivity contribution in [1.82, 2.24) is 4.98 Å². The number of Topliss-reactive ketones (excluding diaryl/α,β-unsaturated/α-hetero) is 1. The Hall–Kier alpha value is -2.99. The molecule has 0 spiro atoms. The van der Waals surface area contributed by atoms with Crippen LogP contribution in [0.3, 0.4) is 0 Å². The monoisotopic (exact) mass is 436 g/mol. The average Bonchev–Trinajstić information content (AvgIpc) is 2.74. The van der Waals surface area contributed by atoms with Gasteiger partial charge in [0.2, 0.25) is 0 Å². The Bertz CT molecular complexity index is 1120. The van der Waals surface area contributed by atoms with Crippen LogP contribution in [0.1, 0.15) is 43.9 Å². The largest absolute Gasteiger partial charge is 0.299 e. The van der Waals surface area contributed by atoms with E-state index in [2.05, 4.69) is 30.5 Å². The fourth-order valence-corrected chi connectivity index (χ4v) is 4.24. The number of anilines is 1. The van der Waals surface area contributed by atoms with Crippen LogP contribution in [0.5, 0.6) is 0 Å². The van der Waals surface area contributed by atoms with Crippen LogP contribution < -0.4 is 4.72 Å². The normalized spacial score (nSPS) is 11.8. The number of hydrogen-bond acceptors (Lipinski definition) is 4. The number of ketones is 1. The maximum Gasteiger partial charge on any atom is 0.261 e. The Morgan fingerprint density at radius 3 is 2.19 bits per heavy atom. The van der Waals surface area contributed by atoms with Gasteiger partial charge in [0.15, 0.2) is 0 Å². The number of carbonyl (C=O) groups is 1. The lowest BCUT2D eigenvalue weighted by Gasteiger charge is -2.19. The average molecular weight is 437 g/mol. The summed E-state index contributed by atoms with van der Waals surface area (Å²) in [5.74, 6) is 0.135. The van der Waals surface area contributed by atoms with Crippen molar-refractivity contribution in [3.63, 3.8) is 0 Å². The van der Waals surface area contributed by atoms with Gasteiger partial charge >= 0.3 is 0 Å². The van der Waals surface area contributed by atoms with Crippen LogP contribution in [-0.4, -0.2) is 19.2 Å². The molecule has 0 atom stereocenters. The van der Waals surface area contributed by atoms with Gasteiger partial charge in [0.1, 0.15) is 5.78 Å². The molecular weight excluding hydrogens is 408 g/mol. The number of pyridine rings is 1. The molecule has 0 bridgehead atoms. The molecule has 3 rings (SSSR count). The summed E-state index contributed by atoms with van der Waals surface area (Å²) in [6, 6.07) is 17.7. The number of nitrogens with one attached hydrogen (secondary N) is 1. The first-order chi connectivity index (χ1) is 14.6. The molecule has 0 fully saturated rings. The molecule has 162 valence electrons. The van der Waals surface area contributed by atoms with Crippen LogP contribution in [0.25, 0.3) is 0 Å². The second-order valence-corrected chi connectivity index (χ2v) is 10.3. The molecule has 31 heavy (non-hydrogen) atoms. The molecule has 0 saturated carbocycles. The molecule has 2 aromatic carbocycles. The summed E-state index contributed by atoms with van der Waals surface area (Å²) in [5.41, 5.74) is 3.39. The zero-order valence-corrected chi connectivity index (χ0v) is 18.9. The van der Waals surface area contributed by atoms with Crippen molar-refractivity contribution >= 4 is 21.5 Å². The predicted molar refractivity (Wildman–Crippen MR) is 124 cm³/mol. The minimum absolute atomic E-state index is 0.0407. The molecule has 0 amide bonds. The van der Waals surface area contributed by atoms with E-state index in [-0.39, 0.29) is 16.1 Å². The summed E-state index contributed by atoms with van der Waals surface area (Å²) in [4.78, 5) is 16.5. The number of aromatic nitrogens is 1. The fourth-order valence-electron chi connectivity index (χ4n) is 3.18. The summed E-state index contributed by atoms with van der Waals surface area (Å²) in [6.45, 7) is 6.25. The Morgan fingerprint density at radius 1 is 0.935 bits per heavy atom. The van der Waals surface area contributed by atoms with Crippen LogP contribution >= 0.6 is 0 Å². The topological polar surface area (TPSA) is 76.1 Å². The molecule has 0 aliphatic rings. The van der Waals surface area contributed by atoms with Crippen molar-refractivity contribution < 1.29 is 13.2 Å². The Balaban J connectivity index is 1.58. The van der Waals surface area contributed by atoms with Gasteiger partial charge < -0.3 is 0 Å². The zero-order valence-electron chi connectivity index (χ0n) is 18.1. The fraction of sp³-hybridized carbons (Fsp3) is 0.280. The summed E-state index contributed by atoms with van der Waals surface area (Å²) in [6.07, 6.45) is 4.91. The highest BCUT2D eigenvalue weighted by molar-refractivity contribution is 7.92. The Morgan fingerprint density at radius 2 is 1.61 bits per heavy atom. The van der Waals surface area contributed by atoms with Crippen molar-refractivity contribution in [3.8, 4) is 0 Å². The number of aryl methyl sites for hydroxylation is 1. The molecule has 0 aliphatic carbocycles. The standard InChI is InChI=1S/C25H28N2O3S/c1-25(2,3)21-9-14-24(15-10-21)31(29,30)27-22-11-6-19(7-12-22)17-23(28)13-8-20-5-4-16-26-18-20/h4-7,9-12,14-16,18,27H,8,13,17H2,1-3H3. The predicted octanol–water partition coefficient (Wildman–Crippen LogP) is 4.92. The zero-order chi connectivity index (χ0) is 22.5. The molecule has 1 aromatic heterocycles. The SMILES string of the molecule is CC(C)(C)c1ccc(S(=O)(=O)Nc2ccc(CC(=O)CCc3cccnc3)cc2)cc1. The number of benzene rings is 2. The number of hydrogen-bond donors (Lipinski definition) is 1. The molecule has 0 aliphatic heterocycles. The lowest BCUT2D eigenvalue weighted by Crippen LogP contribution is -2.15. The first kappa shape index (κ1) is 22.7. The quantitative estimate of drug-likeness (QED) is 0.543. The molecular formula is C25H28N2O3S. The van der Waals surface area contributed by atoms with E-state index in [0.717, 1.165) is 16.7 Å². The van der Waals surface area contributed by atoms with Crippen molar-refractivity contribution in [2.45, 2.75) is 50.3 Å². The van der Waals surface area contributed by atoms with E-state index in [1.165, 1.54) is 0 Å². The van der Waals surface area contributed by atoms with Gasteiger partial charge in [-0.05, 0) is 58.9 Å². The van der Waals surface area contributed by atoms with E-state index in [9.17, 15) is 13.2 Å². The number of rotatable bonds is 8. The highest BCUT2D eigenvalue weighted by Gasteiger charge is 2.17. The van der Waals surface area contributed by atoms with E-state index in [4.69, 9.17) is 0 Å². The lowest BCUT2D eigenvalue weighted by atomic mass is 9.87. The molecule has 0 unspecified atom stereocenters. The third-order valence-corrected chi connectivity index (χ3v) is 6.45. The van der Waals surface area contributed by atoms with Crippen molar-refractivity contribution in [2.75, 3.05) is 4.72 Å². The highest BCUT2D eigenvalue weighted by atomic mass is 32.2. The van der Waals surface area contributed by atoms with Crippen molar-refractivity contribution in [1.29, 1.82) is 0 Å². The summed E-state index contributed by atoms with van der Waals surface area (Å²) in [7, 11) is -3.67. The van der Waals surface area contributed by atoms with Crippen molar-refractivity contribution in [2.24, 2.45) is 0 Å². The molecule has 0 saturated heterocycles. The summed E-state index contributed by atoms with van der Waals surface area (Å²) in [5, 5.41) is 0. The molecule has 1 N–H and O–H groups in total. The molecule has 0 radical (unpaired) electrons. The number of sulfonamides is 1. The Kier molecular flexibility index (Phi) is 6.91. The molecule has 5 nitrogen and oxygen atoms in total. The smallest absolute Gasteiger partial charge is 0.261 e. The highest BCUT2D eigenvalue weighted by Crippen LogP contribution is 2.24. The first-order valence-corrected chi connectivity index (χ1v) is 11.7. The van der Waals surface area contributed by atoms with E-state index >= 15 is 0 Å². The lowest BCUT2D eigenvalue weighted by molar-refractivity contribution is -0.118. The van der Waals surface area contributed by atoms with Gasteiger partial charge in [-0.1, -0.05) is 51.1 Å². The van der Waals surface area contributed by atoms with Crippen LogP contribution in [0, 0.1) is 0 Å². The van der Waals surface area contributed by atoms with Gasteiger partial charge in [-0.25, -0.2) is 8.42 Å². The number of carbonyl (C=O) groups excluding carboxylic acids is 1. The maximum atomic E-state index is 12.7. The van der Waals surface area contributed by atoms with Gasteiger partial charge in [0.05, 0.1) is 4.90 Å². The summed E-state index contributed by atoms with van der Waals surface area (Å²) >= 11 is 0. The molecule has 3 aromatic rings. The van der Waals surface area contributed by atoms with Crippen LogP contribution in [-0.2, 0) is 33.1 Å². The number of nitrogens with zero attached hydrogens (tertiary/aromatic N) is 1. The van der Waals surface area contributed by atoms with Crippen LogP contribution in [0.15, 0.2) is 78.0 Å². The first-order valence-electron chi connectivity index (χ1n) is 10.3. The minimum Gasteiger partial charge on any atom is -0.299 e. The third kappa shape index (κ3) is 6.49. The van der Waals surface area contributed by atoms with Crippen molar-refractivity contribution in [3.05, 3.63) is 89.7 Å². The molecule has 6 heteroatoms. The van der Waals surface area contributed by atoms with E-state index in [1.807, 2.05) is 24.3 Å². The van der Waals surface area contributed by atoms with Crippen LogP contribution in [0.4, 0.5) is 5.69 Å². The second kappa shape index (κ2) is 9.43. The van der Waals surface area contributed by atoms with E-state index in [0.29, 0.717) is 24.9 Å². The van der Waals surface area contributed by atoms with E-state index in [1.54, 1.807) is 48.8 Å². The second-order valence-electron chi connectivity index (χ2n) is 8.65. The van der Waals surface area contributed by atoms with Gasteiger partial charge in [0.25, 0.3) is 10.0 Å². The van der Waals surface area contributed by atoms with Gasteiger partial charge in [-0.2, -0.15) is 0 Å². The summed E-state index contributed by atoms with van der Waals surface area (Å²) < 4.78 is 27.9. The van der Waals surface area contributed by atoms with Gasteiger partial charge in [-0.3, -0.25) is 14.5 Å². The third-order valence-electron chi connectivity index (χ3n) is 5.05. The van der Waals surface area contributed by atoms with Gasteiger partial charge in [0, 0.05) is 30.9 Å². The minimum atomic E-state index is -3.67. The van der Waals surface area contributed by atoms with E-state index < -0.39 is 10.0 Å². The van der Waals surface area contributed by atoms with Crippen LogP contribution in [0.2, 0.25) is 0 Å². The maximum absolute atomic E-state index is 12.7. The molecule has 1 heterocycles. The van der Waals surface area contributed by atoms with Gasteiger partial charge in [-0.15, -0.1) is 0 Å².